The molecule has 0 saturated carbocycles. The number of ether oxygens (including phenoxy) is 4. The van der Waals surface area contributed by atoms with Gasteiger partial charge >= 0.3 is 0 Å². The maximum atomic E-state index is 6.25. The minimum Gasteiger partial charge on any atom is -0.493 e. The molecule has 156 valence electrons. The lowest BCUT2D eigenvalue weighted by atomic mass is 10.1. The van der Waals surface area contributed by atoms with Crippen LogP contribution in [0, 0.1) is 6.92 Å². The van der Waals surface area contributed by atoms with Gasteiger partial charge in [-0.05, 0) is 42.3 Å². The maximum absolute atomic E-state index is 6.25. The molecule has 5 nitrogen and oxygen atoms in total. The third-order valence-corrected chi connectivity index (χ3v) is 5.77. The lowest BCUT2D eigenvalue weighted by molar-refractivity contribution is 0.171. The van der Waals surface area contributed by atoms with Gasteiger partial charge in [-0.15, -0.1) is 0 Å². The first-order chi connectivity index (χ1) is 14.7. The molecule has 0 bridgehead atoms. The highest BCUT2D eigenvalue weighted by Gasteiger charge is 2.16. The van der Waals surface area contributed by atoms with Gasteiger partial charge in [-0.1, -0.05) is 40.2 Å². The van der Waals surface area contributed by atoms with Crippen LogP contribution in [0.2, 0.25) is 0 Å². The first-order valence-corrected chi connectivity index (χ1v) is 10.6. The van der Waals surface area contributed by atoms with Crippen molar-refractivity contribution in [1.82, 2.24) is 0 Å². The molecule has 0 spiro atoms. The van der Waals surface area contributed by atoms with Gasteiger partial charge in [0.1, 0.15) is 19.8 Å². The molecule has 6 heteroatoms. The monoisotopic (exact) mass is 469 g/mol. The molecule has 0 aliphatic carbocycles. The molecule has 1 heterocycles. The zero-order valence-electron chi connectivity index (χ0n) is 17.0. The van der Waals surface area contributed by atoms with Crippen molar-refractivity contribution in [3.05, 3.63) is 75.8 Å². The molecule has 1 aliphatic heterocycles. The molecule has 3 aromatic rings. The van der Waals surface area contributed by atoms with E-state index in [1.165, 1.54) is 5.56 Å². The highest BCUT2D eigenvalue weighted by atomic mass is 79.9. The van der Waals surface area contributed by atoms with Crippen LogP contribution in [0.5, 0.6) is 23.0 Å². The van der Waals surface area contributed by atoms with Crippen LogP contribution < -0.4 is 24.3 Å². The van der Waals surface area contributed by atoms with Gasteiger partial charge in [-0.3, -0.25) is 0 Å². The van der Waals surface area contributed by atoms with Crippen molar-refractivity contribution in [2.75, 3.05) is 25.6 Å². The highest BCUT2D eigenvalue weighted by Crippen LogP contribution is 2.38. The maximum Gasteiger partial charge on any atom is 0.167 e. The predicted octanol–water partition coefficient (Wildman–Crippen LogP) is 5.73. The van der Waals surface area contributed by atoms with Crippen molar-refractivity contribution in [1.29, 1.82) is 0 Å². The van der Waals surface area contributed by atoms with Gasteiger partial charge in [-0.2, -0.15) is 0 Å². The molecule has 1 N–H and O–H groups in total. The number of fused-ring (bicyclic) bond motifs is 1. The Bertz CT molecular complexity index is 1040. The van der Waals surface area contributed by atoms with Crippen molar-refractivity contribution >= 4 is 21.6 Å². The Kier molecular flexibility index (Phi) is 6.33. The van der Waals surface area contributed by atoms with Crippen molar-refractivity contribution < 1.29 is 18.9 Å². The van der Waals surface area contributed by atoms with E-state index in [1.807, 2.05) is 42.5 Å². The number of halogens is 1. The first-order valence-electron chi connectivity index (χ1n) is 9.82. The van der Waals surface area contributed by atoms with Gasteiger partial charge in [0.15, 0.2) is 23.0 Å². The van der Waals surface area contributed by atoms with Crippen molar-refractivity contribution in [3.63, 3.8) is 0 Å². The number of methoxy groups -OCH3 is 1. The molecule has 30 heavy (non-hydrogen) atoms. The fraction of sp³-hybridized carbons (Fsp3) is 0.250. The van der Waals surface area contributed by atoms with E-state index in [1.54, 1.807) is 7.11 Å². The summed E-state index contributed by atoms with van der Waals surface area (Å²) >= 11 is 3.66. The summed E-state index contributed by atoms with van der Waals surface area (Å²) in [6, 6.07) is 18.0. The van der Waals surface area contributed by atoms with Crippen LogP contribution in [0.4, 0.5) is 5.69 Å². The molecular formula is C24H24BrNO4. The number of benzene rings is 3. The van der Waals surface area contributed by atoms with Crippen molar-refractivity contribution in [2.24, 2.45) is 0 Å². The third-order valence-electron chi connectivity index (χ3n) is 5.03. The van der Waals surface area contributed by atoms with E-state index in [9.17, 15) is 0 Å². The second-order valence-corrected chi connectivity index (χ2v) is 7.84. The number of nitrogens with one attached hydrogen (secondary N) is 1. The molecule has 0 fully saturated rings. The number of anilines is 1. The minimum absolute atomic E-state index is 0.469. The summed E-state index contributed by atoms with van der Waals surface area (Å²) in [7, 11) is 1.65. The number of rotatable bonds is 7. The molecule has 0 radical (unpaired) electrons. The minimum atomic E-state index is 0.469. The van der Waals surface area contributed by atoms with Crippen LogP contribution in [0.3, 0.4) is 0 Å². The fourth-order valence-electron chi connectivity index (χ4n) is 3.33. The summed E-state index contributed by atoms with van der Waals surface area (Å²) in [6.07, 6.45) is 0. The van der Waals surface area contributed by atoms with Crippen LogP contribution in [0.15, 0.2) is 59.1 Å². The van der Waals surface area contributed by atoms with E-state index >= 15 is 0 Å². The number of hydrogen-bond donors (Lipinski definition) is 1. The van der Waals surface area contributed by atoms with E-state index in [4.69, 9.17) is 18.9 Å². The summed E-state index contributed by atoms with van der Waals surface area (Å²) in [4.78, 5) is 0. The van der Waals surface area contributed by atoms with Crippen molar-refractivity contribution in [3.8, 4) is 23.0 Å². The molecule has 0 atom stereocenters. The lowest BCUT2D eigenvalue weighted by Gasteiger charge is -2.20. The van der Waals surface area contributed by atoms with Crippen LogP contribution in [-0.4, -0.2) is 20.3 Å². The molecule has 1 aliphatic rings. The number of hydrogen-bond acceptors (Lipinski definition) is 5. The normalized spacial score (nSPS) is 12.4. The van der Waals surface area contributed by atoms with E-state index in [-0.39, 0.29) is 0 Å². The van der Waals surface area contributed by atoms with Crippen LogP contribution in [-0.2, 0) is 13.2 Å². The average molecular weight is 470 g/mol. The largest absolute Gasteiger partial charge is 0.493 e. The second kappa shape index (κ2) is 9.30. The fourth-order valence-corrected chi connectivity index (χ4v) is 3.78. The lowest BCUT2D eigenvalue weighted by Crippen LogP contribution is -2.15. The Labute approximate surface area is 185 Å². The topological polar surface area (TPSA) is 49.0 Å². The Morgan fingerprint density at radius 3 is 2.60 bits per heavy atom. The average Bonchev–Trinajstić information content (AvgIpc) is 2.78. The quantitative estimate of drug-likeness (QED) is 0.478. The van der Waals surface area contributed by atoms with Gasteiger partial charge < -0.3 is 24.3 Å². The van der Waals surface area contributed by atoms with Gasteiger partial charge in [0, 0.05) is 28.3 Å². The second-order valence-electron chi connectivity index (χ2n) is 6.98. The molecular weight excluding hydrogens is 446 g/mol. The third kappa shape index (κ3) is 4.49. The van der Waals surface area contributed by atoms with E-state index in [0.717, 1.165) is 38.5 Å². The van der Waals surface area contributed by atoms with Gasteiger partial charge in [-0.25, -0.2) is 0 Å². The zero-order valence-corrected chi connectivity index (χ0v) is 18.6. The van der Waals surface area contributed by atoms with Crippen LogP contribution in [0.1, 0.15) is 16.7 Å². The summed E-state index contributed by atoms with van der Waals surface area (Å²) < 4.78 is 24.1. The summed E-state index contributed by atoms with van der Waals surface area (Å²) in [5.74, 6) is 2.95. The standard InChI is InChI=1S/C24H24BrNO4/c1-16-5-3-4-6-17(16)15-30-24-19(20(25)8-10-22(24)27-2)14-26-18-7-9-21-23(13-18)29-12-11-28-21/h3-10,13,26H,11-12,14-15H2,1-2H3. The van der Waals surface area contributed by atoms with Gasteiger partial charge in [0.05, 0.1) is 7.11 Å². The molecule has 0 unspecified atom stereocenters. The van der Waals surface area contributed by atoms with Crippen molar-refractivity contribution in [2.45, 2.75) is 20.1 Å². The van der Waals surface area contributed by atoms with E-state index in [0.29, 0.717) is 32.1 Å². The Morgan fingerprint density at radius 2 is 1.80 bits per heavy atom. The molecule has 3 aromatic carbocycles. The highest BCUT2D eigenvalue weighted by molar-refractivity contribution is 9.10. The SMILES string of the molecule is COc1ccc(Br)c(CNc2ccc3c(c2)OCCO3)c1OCc1ccccc1C. The number of aryl methyl sites for hydroxylation is 1. The first kappa shape index (κ1) is 20.4. The Hall–Kier alpha value is -2.86. The summed E-state index contributed by atoms with van der Waals surface area (Å²) in [5.41, 5.74) is 4.27. The molecule has 0 amide bonds. The molecule has 0 saturated heterocycles. The van der Waals surface area contributed by atoms with Crippen LogP contribution in [0.25, 0.3) is 0 Å². The van der Waals surface area contributed by atoms with E-state index in [2.05, 4.69) is 40.3 Å². The van der Waals surface area contributed by atoms with E-state index < -0.39 is 0 Å². The Balaban J connectivity index is 1.55. The molecule has 4 rings (SSSR count). The molecule has 0 aromatic heterocycles. The zero-order chi connectivity index (χ0) is 20.9. The van der Waals surface area contributed by atoms with Gasteiger partial charge in [0.25, 0.3) is 0 Å². The summed E-state index contributed by atoms with van der Waals surface area (Å²) in [6.45, 7) is 4.26. The summed E-state index contributed by atoms with van der Waals surface area (Å²) in [5, 5.41) is 3.45. The van der Waals surface area contributed by atoms with Gasteiger partial charge in [0.2, 0.25) is 0 Å². The predicted molar refractivity (Wildman–Crippen MR) is 121 cm³/mol. The smallest absolute Gasteiger partial charge is 0.167 e. The Morgan fingerprint density at radius 1 is 1.00 bits per heavy atom. The van der Waals surface area contributed by atoms with Crippen LogP contribution >= 0.6 is 15.9 Å².